The number of hydrogen-bond acceptors (Lipinski definition) is 4. The Kier molecular flexibility index (Phi) is 4.66. The molecule has 0 radical (unpaired) electrons. The van der Waals surface area contributed by atoms with E-state index in [0.717, 1.165) is 16.7 Å². The van der Waals surface area contributed by atoms with E-state index in [1.54, 1.807) is 39.0 Å². The fourth-order valence-electron chi connectivity index (χ4n) is 4.13. The zero-order valence-electron chi connectivity index (χ0n) is 17.0. The van der Waals surface area contributed by atoms with Crippen LogP contribution in [0.2, 0.25) is 5.02 Å². The quantitative estimate of drug-likeness (QED) is 0.369. The minimum absolute atomic E-state index is 0.0793. The van der Waals surface area contributed by atoms with Gasteiger partial charge in [0.2, 0.25) is 0 Å². The Morgan fingerprint density at radius 2 is 1.53 bits per heavy atom. The molecule has 0 fully saturated rings. The van der Waals surface area contributed by atoms with E-state index in [9.17, 15) is 20.1 Å². The third-order valence-electron chi connectivity index (χ3n) is 5.81. The van der Waals surface area contributed by atoms with Crippen LogP contribution in [0.1, 0.15) is 55.2 Å². The molecule has 0 aliphatic carbocycles. The monoisotopic (exact) mass is 424 g/mol. The minimum Gasteiger partial charge on any atom is -0.508 e. The molecule has 0 bridgehead atoms. The maximum Gasteiger partial charge on any atom is 0.336 e. The average Bonchev–Trinajstić information content (AvgIpc) is 2.70. The lowest BCUT2D eigenvalue weighted by molar-refractivity contribution is 0.0695. The van der Waals surface area contributed by atoms with Gasteiger partial charge in [-0.1, -0.05) is 23.7 Å². The number of aryl methyl sites for hydroxylation is 2. The van der Waals surface area contributed by atoms with E-state index < -0.39 is 11.9 Å². The maximum atomic E-state index is 12.1. The molecule has 1 aliphatic rings. The van der Waals surface area contributed by atoms with Gasteiger partial charge in [0.1, 0.15) is 23.0 Å². The van der Waals surface area contributed by atoms with E-state index >= 15 is 0 Å². The summed E-state index contributed by atoms with van der Waals surface area (Å²) in [6.45, 7) is 7.12. The van der Waals surface area contributed by atoms with Gasteiger partial charge in [0.05, 0.1) is 5.56 Å². The number of halogens is 1. The summed E-state index contributed by atoms with van der Waals surface area (Å²) in [7, 11) is 0. The first-order valence-electron chi connectivity index (χ1n) is 9.48. The van der Waals surface area contributed by atoms with Gasteiger partial charge in [-0.05, 0) is 62.6 Å². The lowest BCUT2D eigenvalue weighted by Gasteiger charge is -2.32. The predicted octanol–water partition coefficient (Wildman–Crippen LogP) is 5.97. The van der Waals surface area contributed by atoms with Crippen molar-refractivity contribution in [1.29, 1.82) is 0 Å². The molecule has 3 N–H and O–H groups in total. The second-order valence-corrected chi connectivity index (χ2v) is 8.15. The maximum absolute atomic E-state index is 12.1. The lowest BCUT2D eigenvalue weighted by Crippen LogP contribution is -2.17. The van der Waals surface area contributed by atoms with Crippen LogP contribution in [0.25, 0.3) is 0 Å². The molecular weight excluding hydrogens is 404 g/mol. The van der Waals surface area contributed by atoms with Crippen LogP contribution < -0.4 is 4.74 Å². The van der Waals surface area contributed by atoms with Crippen molar-refractivity contribution in [2.45, 2.75) is 33.6 Å². The molecule has 3 aromatic carbocycles. The molecule has 30 heavy (non-hydrogen) atoms. The highest BCUT2D eigenvalue weighted by atomic mass is 35.5. The molecule has 0 aromatic heterocycles. The SMILES string of the molecule is Cc1cc(C2c3ccc(O)c(C)c3Oc3c2cc(C)c(O)c3C)c(C(=O)O)cc1Cl. The van der Waals surface area contributed by atoms with E-state index in [4.69, 9.17) is 16.3 Å². The van der Waals surface area contributed by atoms with E-state index in [1.807, 2.05) is 13.0 Å². The van der Waals surface area contributed by atoms with Gasteiger partial charge in [0, 0.05) is 33.2 Å². The topological polar surface area (TPSA) is 87.0 Å². The van der Waals surface area contributed by atoms with Crippen LogP contribution in [0.4, 0.5) is 0 Å². The zero-order chi connectivity index (χ0) is 21.9. The third kappa shape index (κ3) is 2.89. The van der Waals surface area contributed by atoms with E-state index in [0.29, 0.717) is 38.8 Å². The van der Waals surface area contributed by atoms with Crippen LogP contribution in [0.15, 0.2) is 30.3 Å². The first-order chi connectivity index (χ1) is 14.1. The van der Waals surface area contributed by atoms with Crippen LogP contribution in [0.3, 0.4) is 0 Å². The number of phenolic OH excluding ortho intramolecular Hbond substituents is 2. The Morgan fingerprint density at radius 3 is 2.20 bits per heavy atom. The molecular formula is C24H21ClO5. The summed E-state index contributed by atoms with van der Waals surface area (Å²) in [4.78, 5) is 12.1. The molecule has 154 valence electrons. The fraction of sp³-hybridized carbons (Fsp3) is 0.208. The average molecular weight is 425 g/mol. The molecule has 3 aromatic rings. The fourth-order valence-corrected chi connectivity index (χ4v) is 4.30. The van der Waals surface area contributed by atoms with Crippen molar-refractivity contribution in [2.75, 3.05) is 0 Å². The molecule has 1 aliphatic heterocycles. The van der Waals surface area contributed by atoms with Gasteiger partial charge in [0.25, 0.3) is 0 Å². The lowest BCUT2D eigenvalue weighted by atomic mass is 9.78. The Balaban J connectivity index is 2.13. The number of phenols is 2. The molecule has 6 heteroatoms. The van der Waals surface area contributed by atoms with Gasteiger partial charge < -0.3 is 20.1 Å². The van der Waals surface area contributed by atoms with Gasteiger partial charge in [-0.15, -0.1) is 0 Å². The molecule has 4 rings (SSSR count). The van der Waals surface area contributed by atoms with Crippen molar-refractivity contribution in [3.05, 3.63) is 79.9 Å². The van der Waals surface area contributed by atoms with Gasteiger partial charge in [0.15, 0.2) is 0 Å². The summed E-state index contributed by atoms with van der Waals surface area (Å²) >= 11 is 6.23. The van der Waals surface area contributed by atoms with Gasteiger partial charge >= 0.3 is 5.97 Å². The number of hydrogen-bond donors (Lipinski definition) is 3. The highest BCUT2D eigenvalue weighted by Crippen LogP contribution is 2.53. The highest BCUT2D eigenvalue weighted by Gasteiger charge is 2.35. The van der Waals surface area contributed by atoms with Crippen LogP contribution in [-0.2, 0) is 0 Å². The second kappa shape index (κ2) is 6.96. The van der Waals surface area contributed by atoms with Crippen LogP contribution in [0, 0.1) is 27.7 Å². The summed E-state index contributed by atoms with van der Waals surface area (Å²) in [6.07, 6.45) is 0. The number of carboxylic acids is 1. The third-order valence-corrected chi connectivity index (χ3v) is 6.22. The number of carboxylic acid groups (broad SMARTS) is 1. The van der Waals surface area contributed by atoms with E-state index in [2.05, 4.69) is 0 Å². The Hall–Kier alpha value is -3.18. The summed E-state index contributed by atoms with van der Waals surface area (Å²) in [6, 6.07) is 8.41. The number of fused-ring (bicyclic) bond motifs is 2. The van der Waals surface area contributed by atoms with Crippen LogP contribution >= 0.6 is 11.6 Å². The van der Waals surface area contributed by atoms with Crippen molar-refractivity contribution >= 4 is 17.6 Å². The first kappa shape index (κ1) is 20.1. The number of ether oxygens (including phenoxy) is 1. The Labute approximate surface area is 179 Å². The number of aromatic hydroxyl groups is 2. The number of carbonyl (C=O) groups is 1. The van der Waals surface area contributed by atoms with Crippen LogP contribution in [-0.4, -0.2) is 21.3 Å². The smallest absolute Gasteiger partial charge is 0.336 e. The van der Waals surface area contributed by atoms with Gasteiger partial charge in [-0.2, -0.15) is 0 Å². The van der Waals surface area contributed by atoms with Gasteiger partial charge in [-0.25, -0.2) is 4.79 Å². The molecule has 0 saturated heterocycles. The molecule has 0 spiro atoms. The molecule has 1 atom stereocenters. The summed E-state index contributed by atoms with van der Waals surface area (Å²) in [5.74, 6) is -0.418. The van der Waals surface area contributed by atoms with Crippen molar-refractivity contribution in [2.24, 2.45) is 0 Å². The minimum atomic E-state index is -1.08. The Bertz CT molecular complexity index is 1230. The number of aromatic carboxylic acids is 1. The highest BCUT2D eigenvalue weighted by molar-refractivity contribution is 6.31. The zero-order valence-corrected chi connectivity index (χ0v) is 17.8. The predicted molar refractivity (Wildman–Crippen MR) is 115 cm³/mol. The molecule has 1 unspecified atom stereocenters. The van der Waals surface area contributed by atoms with Crippen molar-refractivity contribution in [1.82, 2.24) is 0 Å². The van der Waals surface area contributed by atoms with Crippen molar-refractivity contribution in [3.8, 4) is 23.0 Å². The standard InChI is InChI=1S/C24H21ClO5/c1-10-7-15(16(24(28)29)9-18(10)25)20-14-5-6-19(26)12(3)22(14)30-23-13(4)21(27)11(2)8-17(20)23/h5-9,20,26-27H,1-4H3,(H,28,29). The molecule has 5 nitrogen and oxygen atoms in total. The van der Waals surface area contributed by atoms with Crippen LogP contribution in [0.5, 0.6) is 23.0 Å². The summed E-state index contributed by atoms with van der Waals surface area (Å²) < 4.78 is 6.17. The number of benzene rings is 3. The molecule has 0 saturated carbocycles. The van der Waals surface area contributed by atoms with Gasteiger partial charge in [-0.3, -0.25) is 0 Å². The molecule has 1 heterocycles. The second-order valence-electron chi connectivity index (χ2n) is 7.74. The Morgan fingerprint density at radius 1 is 0.900 bits per heavy atom. The largest absolute Gasteiger partial charge is 0.508 e. The first-order valence-corrected chi connectivity index (χ1v) is 9.86. The van der Waals surface area contributed by atoms with E-state index in [-0.39, 0.29) is 17.1 Å². The summed E-state index contributed by atoms with van der Waals surface area (Å²) in [5, 5.41) is 31.0. The van der Waals surface area contributed by atoms with E-state index in [1.165, 1.54) is 6.07 Å². The normalized spacial score (nSPS) is 14.6. The van der Waals surface area contributed by atoms with Crippen molar-refractivity contribution in [3.63, 3.8) is 0 Å². The summed E-state index contributed by atoms with van der Waals surface area (Å²) in [5.41, 5.74) is 4.70. The molecule has 0 amide bonds. The number of rotatable bonds is 2. The van der Waals surface area contributed by atoms with Crippen molar-refractivity contribution < 1.29 is 24.9 Å².